The van der Waals surface area contributed by atoms with Gasteiger partial charge >= 0.3 is 0 Å². The van der Waals surface area contributed by atoms with Crippen molar-refractivity contribution >= 4 is 23.5 Å². The quantitative estimate of drug-likeness (QED) is 0.766. The van der Waals surface area contributed by atoms with Crippen LogP contribution in [0, 0.1) is 0 Å². The Bertz CT molecular complexity index is 765. The van der Waals surface area contributed by atoms with Gasteiger partial charge in [-0.1, -0.05) is 0 Å². The molecule has 0 atom stereocenters. The number of nitrogens with one attached hydrogen (secondary N) is 3. The first-order chi connectivity index (χ1) is 11.2. The molecule has 2 heterocycles. The zero-order chi connectivity index (χ0) is 16.2. The van der Waals surface area contributed by atoms with E-state index in [0.717, 1.165) is 11.3 Å². The van der Waals surface area contributed by atoms with Crippen molar-refractivity contribution < 1.29 is 14.3 Å². The molecule has 0 saturated heterocycles. The van der Waals surface area contributed by atoms with E-state index in [9.17, 15) is 9.59 Å². The lowest BCUT2D eigenvalue weighted by Crippen LogP contribution is -2.33. The van der Waals surface area contributed by atoms with Gasteiger partial charge in [0.15, 0.2) is 5.82 Å². The van der Waals surface area contributed by atoms with Crippen LogP contribution in [0.4, 0.5) is 5.95 Å². The SMILES string of the molecule is COc1ccc(-c2nc(NC(=O)C3=NNC(=O)CC3)n[nH]2)cc1. The predicted molar refractivity (Wildman–Crippen MR) is 81.8 cm³/mol. The number of aromatic nitrogens is 3. The number of hydrogen-bond acceptors (Lipinski definition) is 6. The van der Waals surface area contributed by atoms with Crippen LogP contribution in [0.5, 0.6) is 5.75 Å². The molecule has 0 saturated carbocycles. The number of benzene rings is 1. The van der Waals surface area contributed by atoms with Gasteiger partial charge in [-0.05, 0) is 24.3 Å². The topological polar surface area (TPSA) is 121 Å². The maximum atomic E-state index is 12.0. The highest BCUT2D eigenvalue weighted by molar-refractivity contribution is 6.43. The van der Waals surface area contributed by atoms with E-state index in [0.29, 0.717) is 5.82 Å². The number of hydrogen-bond donors (Lipinski definition) is 3. The molecule has 0 bridgehead atoms. The number of amides is 2. The Balaban J connectivity index is 1.69. The van der Waals surface area contributed by atoms with Crippen LogP contribution in [0.25, 0.3) is 11.4 Å². The van der Waals surface area contributed by atoms with Crippen LogP contribution in [0.3, 0.4) is 0 Å². The van der Waals surface area contributed by atoms with E-state index >= 15 is 0 Å². The van der Waals surface area contributed by atoms with Crippen molar-refractivity contribution in [2.75, 3.05) is 12.4 Å². The summed E-state index contributed by atoms with van der Waals surface area (Å²) >= 11 is 0. The third-order valence-corrected chi connectivity index (χ3v) is 3.24. The highest BCUT2D eigenvalue weighted by Gasteiger charge is 2.19. The fourth-order valence-electron chi connectivity index (χ4n) is 2.01. The summed E-state index contributed by atoms with van der Waals surface area (Å²) in [4.78, 5) is 27.2. The number of methoxy groups -OCH3 is 1. The largest absolute Gasteiger partial charge is 0.497 e. The molecule has 1 aliphatic heterocycles. The maximum Gasteiger partial charge on any atom is 0.274 e. The average molecular weight is 314 g/mol. The number of nitrogens with zero attached hydrogens (tertiary/aromatic N) is 3. The average Bonchev–Trinajstić information content (AvgIpc) is 3.04. The number of ether oxygens (including phenoxy) is 1. The minimum Gasteiger partial charge on any atom is -0.497 e. The number of rotatable bonds is 4. The first-order valence-electron chi connectivity index (χ1n) is 6.89. The van der Waals surface area contributed by atoms with Crippen molar-refractivity contribution in [3.05, 3.63) is 24.3 Å². The Labute approximate surface area is 131 Å². The van der Waals surface area contributed by atoms with Crippen molar-refractivity contribution in [2.45, 2.75) is 12.8 Å². The Hall–Kier alpha value is -3.23. The molecule has 3 rings (SSSR count). The zero-order valence-electron chi connectivity index (χ0n) is 12.3. The number of carbonyl (C=O) groups excluding carboxylic acids is 2. The second kappa shape index (κ2) is 6.26. The summed E-state index contributed by atoms with van der Waals surface area (Å²) in [6.45, 7) is 0. The molecule has 0 unspecified atom stereocenters. The van der Waals surface area contributed by atoms with Gasteiger partial charge in [0, 0.05) is 18.4 Å². The third-order valence-electron chi connectivity index (χ3n) is 3.24. The van der Waals surface area contributed by atoms with Crippen LogP contribution in [0.2, 0.25) is 0 Å². The van der Waals surface area contributed by atoms with E-state index < -0.39 is 5.91 Å². The Kier molecular flexibility index (Phi) is 4.00. The summed E-state index contributed by atoms with van der Waals surface area (Å²) < 4.78 is 5.09. The molecule has 1 aliphatic rings. The van der Waals surface area contributed by atoms with Gasteiger partial charge in [-0.25, -0.2) is 5.43 Å². The van der Waals surface area contributed by atoms with Gasteiger partial charge in [0.05, 0.1) is 7.11 Å². The molecule has 1 aromatic heterocycles. The van der Waals surface area contributed by atoms with Gasteiger partial charge < -0.3 is 4.74 Å². The molecule has 2 aromatic rings. The summed E-state index contributed by atoms with van der Waals surface area (Å²) in [6.07, 6.45) is 0.519. The first-order valence-corrected chi connectivity index (χ1v) is 6.89. The molecule has 2 amide bonds. The van der Waals surface area contributed by atoms with E-state index in [1.807, 2.05) is 12.1 Å². The van der Waals surface area contributed by atoms with Crippen molar-refractivity contribution in [3.63, 3.8) is 0 Å². The zero-order valence-corrected chi connectivity index (χ0v) is 12.3. The first kappa shape index (κ1) is 14.7. The van der Waals surface area contributed by atoms with E-state index in [4.69, 9.17) is 4.74 Å². The normalized spacial score (nSPS) is 14.0. The minimum absolute atomic E-state index is 0.139. The molecule has 0 radical (unpaired) electrons. The number of anilines is 1. The molecule has 0 aliphatic carbocycles. The van der Waals surface area contributed by atoms with E-state index in [-0.39, 0.29) is 30.4 Å². The number of H-pyrrole nitrogens is 1. The van der Waals surface area contributed by atoms with Crippen LogP contribution in [0.15, 0.2) is 29.4 Å². The van der Waals surface area contributed by atoms with Crippen LogP contribution in [-0.4, -0.2) is 39.8 Å². The summed E-state index contributed by atoms with van der Waals surface area (Å²) in [6, 6.07) is 7.25. The van der Waals surface area contributed by atoms with Crippen LogP contribution >= 0.6 is 0 Å². The van der Waals surface area contributed by atoms with Crippen LogP contribution in [0.1, 0.15) is 12.8 Å². The molecule has 23 heavy (non-hydrogen) atoms. The lowest BCUT2D eigenvalue weighted by atomic mass is 10.2. The summed E-state index contributed by atoms with van der Waals surface area (Å²) in [7, 11) is 1.59. The standard InChI is InChI=1S/C14H14N6O3/c1-23-9-4-2-8(3-5-9)12-15-14(20-19-12)16-13(22)10-6-7-11(21)18-17-10/h2-5H,6-7H2,1H3,(H,18,21)(H2,15,16,19,20,22). The highest BCUT2D eigenvalue weighted by Crippen LogP contribution is 2.19. The second-order valence-corrected chi connectivity index (χ2v) is 4.78. The summed E-state index contributed by atoms with van der Waals surface area (Å²) in [5.41, 5.74) is 3.31. The maximum absolute atomic E-state index is 12.0. The van der Waals surface area contributed by atoms with Crippen molar-refractivity contribution in [3.8, 4) is 17.1 Å². The van der Waals surface area contributed by atoms with Gasteiger partial charge in [0.1, 0.15) is 11.5 Å². The highest BCUT2D eigenvalue weighted by atomic mass is 16.5. The van der Waals surface area contributed by atoms with Gasteiger partial charge in [0.25, 0.3) is 5.91 Å². The molecule has 0 fully saturated rings. The smallest absolute Gasteiger partial charge is 0.274 e. The van der Waals surface area contributed by atoms with Crippen molar-refractivity contribution in [2.24, 2.45) is 5.10 Å². The van der Waals surface area contributed by atoms with Gasteiger partial charge in [0.2, 0.25) is 11.9 Å². The van der Waals surface area contributed by atoms with Crippen molar-refractivity contribution in [1.82, 2.24) is 20.6 Å². The van der Waals surface area contributed by atoms with E-state index in [1.165, 1.54) is 0 Å². The lowest BCUT2D eigenvalue weighted by Gasteiger charge is -2.10. The van der Waals surface area contributed by atoms with Gasteiger partial charge in [-0.15, -0.1) is 5.10 Å². The molecular formula is C14H14N6O3. The lowest BCUT2D eigenvalue weighted by molar-refractivity contribution is -0.121. The van der Waals surface area contributed by atoms with Crippen molar-refractivity contribution in [1.29, 1.82) is 0 Å². The van der Waals surface area contributed by atoms with E-state index in [1.54, 1.807) is 19.2 Å². The third kappa shape index (κ3) is 3.34. The molecular weight excluding hydrogens is 300 g/mol. The summed E-state index contributed by atoms with van der Waals surface area (Å²) in [5.74, 6) is 0.743. The fourth-order valence-corrected chi connectivity index (χ4v) is 2.01. The molecule has 3 N–H and O–H groups in total. The molecule has 9 nitrogen and oxygen atoms in total. The minimum atomic E-state index is -0.440. The number of hydrazone groups is 1. The van der Waals surface area contributed by atoms with Crippen LogP contribution in [-0.2, 0) is 9.59 Å². The van der Waals surface area contributed by atoms with E-state index in [2.05, 4.69) is 31.0 Å². The molecule has 0 spiro atoms. The van der Waals surface area contributed by atoms with Crippen LogP contribution < -0.4 is 15.5 Å². The summed E-state index contributed by atoms with van der Waals surface area (Å²) in [5, 5.41) is 12.9. The fraction of sp³-hybridized carbons (Fsp3) is 0.214. The Morgan fingerprint density at radius 3 is 2.70 bits per heavy atom. The Morgan fingerprint density at radius 2 is 2.04 bits per heavy atom. The molecule has 118 valence electrons. The van der Waals surface area contributed by atoms with Gasteiger partial charge in [-0.3, -0.25) is 20.0 Å². The monoisotopic (exact) mass is 314 g/mol. The molecule has 9 heteroatoms. The molecule has 1 aromatic carbocycles. The van der Waals surface area contributed by atoms with Gasteiger partial charge in [-0.2, -0.15) is 10.1 Å². The number of aromatic amines is 1. The Morgan fingerprint density at radius 1 is 1.26 bits per heavy atom. The number of carbonyl (C=O) groups is 2. The predicted octanol–water partition coefficient (Wildman–Crippen LogP) is 0.685. The second-order valence-electron chi connectivity index (χ2n) is 4.78.